The van der Waals surface area contributed by atoms with Gasteiger partial charge in [-0.15, -0.1) is 0 Å². The smallest absolute Gasteiger partial charge is 0.251 e. The molecule has 1 aliphatic carbocycles. The van der Waals surface area contributed by atoms with Crippen molar-refractivity contribution >= 4 is 28.6 Å². The Balaban J connectivity index is 1.32. The number of hydrogen-bond donors (Lipinski definition) is 2. The van der Waals surface area contributed by atoms with Crippen molar-refractivity contribution in [2.75, 3.05) is 30.9 Å². The number of nitrogens with one attached hydrogen (secondary N) is 2. The number of benzene rings is 2. The van der Waals surface area contributed by atoms with Gasteiger partial charge in [0.15, 0.2) is 0 Å². The van der Waals surface area contributed by atoms with Crippen LogP contribution in [0.3, 0.4) is 0 Å². The molecule has 2 N–H and O–H groups in total. The lowest BCUT2D eigenvalue weighted by Gasteiger charge is -2.29. The van der Waals surface area contributed by atoms with E-state index in [2.05, 4.69) is 16.7 Å². The standard InChI is InChI=1S/C26H33N5O/c1-17-8-7-10-21(18(17)2)25(32)27-16-19-12-14-20(15-13-19)28-26-29-23-11-6-5-9-22(23)24(30-26)31(3)4/h5-11,19-20H,12-16H2,1-4H3,(H,27,32)(H,28,29,30). The molecule has 1 aromatic heterocycles. The predicted octanol–water partition coefficient (Wildman–Crippen LogP) is 4.71. The Morgan fingerprint density at radius 3 is 2.50 bits per heavy atom. The lowest BCUT2D eigenvalue weighted by Crippen LogP contribution is -2.34. The van der Waals surface area contributed by atoms with E-state index in [4.69, 9.17) is 9.97 Å². The van der Waals surface area contributed by atoms with Gasteiger partial charge in [0.2, 0.25) is 5.95 Å². The first kappa shape index (κ1) is 22.1. The lowest BCUT2D eigenvalue weighted by atomic mass is 9.86. The van der Waals surface area contributed by atoms with Crippen molar-refractivity contribution in [1.29, 1.82) is 0 Å². The van der Waals surface area contributed by atoms with Crippen LogP contribution in [0.4, 0.5) is 11.8 Å². The molecular weight excluding hydrogens is 398 g/mol. The number of fused-ring (bicyclic) bond motifs is 1. The molecule has 0 unspecified atom stereocenters. The summed E-state index contributed by atoms with van der Waals surface area (Å²) in [5.41, 5.74) is 3.95. The van der Waals surface area contributed by atoms with Crippen LogP contribution in [-0.4, -0.2) is 42.6 Å². The Kier molecular flexibility index (Phi) is 6.58. The highest BCUT2D eigenvalue weighted by Gasteiger charge is 2.23. The summed E-state index contributed by atoms with van der Waals surface area (Å²) in [7, 11) is 4.02. The number of amides is 1. The molecule has 6 nitrogen and oxygen atoms in total. The van der Waals surface area contributed by atoms with E-state index in [-0.39, 0.29) is 5.91 Å². The largest absolute Gasteiger partial charge is 0.362 e. The number of carbonyl (C=O) groups excluding carboxylic acids is 1. The van der Waals surface area contributed by atoms with E-state index in [1.54, 1.807) is 0 Å². The molecule has 1 fully saturated rings. The molecule has 4 rings (SSSR count). The number of aromatic nitrogens is 2. The van der Waals surface area contributed by atoms with E-state index in [1.807, 2.05) is 69.2 Å². The molecule has 1 aliphatic rings. The van der Waals surface area contributed by atoms with Gasteiger partial charge in [0.25, 0.3) is 5.91 Å². The Morgan fingerprint density at radius 2 is 1.75 bits per heavy atom. The summed E-state index contributed by atoms with van der Waals surface area (Å²) in [6.07, 6.45) is 4.27. The van der Waals surface area contributed by atoms with Crippen LogP contribution < -0.4 is 15.5 Å². The minimum atomic E-state index is 0.0345. The van der Waals surface area contributed by atoms with Crippen molar-refractivity contribution in [3.05, 3.63) is 59.2 Å². The van der Waals surface area contributed by atoms with Gasteiger partial charge in [-0.05, 0) is 74.8 Å². The quantitative estimate of drug-likeness (QED) is 0.591. The molecule has 1 amide bonds. The van der Waals surface area contributed by atoms with Gasteiger partial charge in [-0.25, -0.2) is 4.98 Å². The first-order chi connectivity index (χ1) is 15.4. The third kappa shape index (κ3) is 4.85. The van der Waals surface area contributed by atoms with Gasteiger partial charge in [0.05, 0.1) is 5.52 Å². The number of hydrogen-bond acceptors (Lipinski definition) is 5. The highest BCUT2D eigenvalue weighted by Crippen LogP contribution is 2.28. The van der Waals surface area contributed by atoms with Crippen LogP contribution in [0.25, 0.3) is 10.9 Å². The second-order valence-electron chi connectivity index (χ2n) is 9.10. The average molecular weight is 432 g/mol. The van der Waals surface area contributed by atoms with Crippen LogP contribution in [-0.2, 0) is 0 Å². The first-order valence-corrected chi connectivity index (χ1v) is 11.5. The zero-order chi connectivity index (χ0) is 22.7. The fraction of sp³-hybridized carbons (Fsp3) is 0.423. The van der Waals surface area contributed by atoms with E-state index in [0.29, 0.717) is 17.9 Å². The number of carbonyl (C=O) groups is 1. The molecule has 6 heteroatoms. The number of para-hydroxylation sites is 1. The van der Waals surface area contributed by atoms with Crippen molar-refractivity contribution in [2.45, 2.75) is 45.6 Å². The minimum absolute atomic E-state index is 0.0345. The third-order valence-electron chi connectivity index (χ3n) is 6.59. The summed E-state index contributed by atoms with van der Waals surface area (Å²) < 4.78 is 0. The van der Waals surface area contributed by atoms with E-state index < -0.39 is 0 Å². The lowest BCUT2D eigenvalue weighted by molar-refractivity contribution is 0.0942. The first-order valence-electron chi connectivity index (χ1n) is 11.5. The molecule has 0 radical (unpaired) electrons. The van der Waals surface area contributed by atoms with E-state index in [9.17, 15) is 4.79 Å². The molecule has 1 saturated carbocycles. The van der Waals surface area contributed by atoms with Crippen LogP contribution in [0.1, 0.15) is 47.2 Å². The van der Waals surface area contributed by atoms with E-state index in [0.717, 1.165) is 65.6 Å². The highest BCUT2D eigenvalue weighted by atomic mass is 16.1. The maximum Gasteiger partial charge on any atom is 0.251 e. The SMILES string of the molecule is Cc1cccc(C(=O)NCC2CCC(Nc3nc(N(C)C)c4ccccc4n3)CC2)c1C. The summed E-state index contributed by atoms with van der Waals surface area (Å²) >= 11 is 0. The van der Waals surface area contributed by atoms with Crippen LogP contribution in [0, 0.1) is 19.8 Å². The van der Waals surface area contributed by atoms with Crippen LogP contribution in [0.15, 0.2) is 42.5 Å². The Hall–Kier alpha value is -3.15. The molecule has 168 valence electrons. The van der Waals surface area contributed by atoms with E-state index >= 15 is 0 Å². The number of rotatable bonds is 6. The molecule has 3 aromatic rings. The van der Waals surface area contributed by atoms with Gasteiger partial charge in [-0.3, -0.25) is 4.79 Å². The summed E-state index contributed by atoms with van der Waals surface area (Å²) in [5.74, 6) is 2.17. The van der Waals surface area contributed by atoms with Gasteiger partial charge in [0.1, 0.15) is 5.82 Å². The molecule has 32 heavy (non-hydrogen) atoms. The fourth-order valence-corrected chi connectivity index (χ4v) is 4.49. The van der Waals surface area contributed by atoms with Crippen molar-refractivity contribution in [3.63, 3.8) is 0 Å². The van der Waals surface area contributed by atoms with Crippen LogP contribution in [0.5, 0.6) is 0 Å². The second-order valence-corrected chi connectivity index (χ2v) is 9.10. The van der Waals surface area contributed by atoms with Crippen LogP contribution >= 0.6 is 0 Å². The van der Waals surface area contributed by atoms with Gasteiger partial charge in [0, 0.05) is 37.6 Å². The second kappa shape index (κ2) is 9.55. The normalized spacial score (nSPS) is 18.4. The number of nitrogens with zero attached hydrogens (tertiary/aromatic N) is 3. The third-order valence-corrected chi connectivity index (χ3v) is 6.59. The summed E-state index contributed by atoms with van der Waals surface area (Å²) in [6.45, 7) is 4.79. The summed E-state index contributed by atoms with van der Waals surface area (Å²) in [5, 5.41) is 7.77. The highest BCUT2D eigenvalue weighted by molar-refractivity contribution is 5.95. The van der Waals surface area contributed by atoms with Gasteiger partial charge < -0.3 is 15.5 Å². The Morgan fingerprint density at radius 1 is 1.00 bits per heavy atom. The zero-order valence-electron chi connectivity index (χ0n) is 19.5. The van der Waals surface area contributed by atoms with Crippen molar-refractivity contribution in [1.82, 2.24) is 15.3 Å². The number of aryl methyl sites for hydroxylation is 1. The molecule has 0 bridgehead atoms. The van der Waals surface area contributed by atoms with Crippen molar-refractivity contribution < 1.29 is 4.79 Å². The molecule has 0 saturated heterocycles. The molecule has 0 aliphatic heterocycles. The van der Waals surface area contributed by atoms with Gasteiger partial charge >= 0.3 is 0 Å². The van der Waals surface area contributed by atoms with Crippen molar-refractivity contribution in [2.24, 2.45) is 5.92 Å². The monoisotopic (exact) mass is 431 g/mol. The molecule has 2 aromatic carbocycles. The van der Waals surface area contributed by atoms with Crippen LogP contribution in [0.2, 0.25) is 0 Å². The maximum absolute atomic E-state index is 12.6. The van der Waals surface area contributed by atoms with Gasteiger partial charge in [-0.1, -0.05) is 24.3 Å². The van der Waals surface area contributed by atoms with Crippen molar-refractivity contribution in [3.8, 4) is 0 Å². The molecule has 0 atom stereocenters. The Labute approximate surface area is 190 Å². The zero-order valence-corrected chi connectivity index (χ0v) is 19.5. The minimum Gasteiger partial charge on any atom is -0.362 e. The number of anilines is 2. The Bertz CT molecular complexity index is 1100. The molecule has 1 heterocycles. The predicted molar refractivity (Wildman–Crippen MR) is 131 cm³/mol. The average Bonchev–Trinajstić information content (AvgIpc) is 2.79. The topological polar surface area (TPSA) is 70.2 Å². The summed E-state index contributed by atoms with van der Waals surface area (Å²) in [4.78, 5) is 24.2. The van der Waals surface area contributed by atoms with Gasteiger partial charge in [-0.2, -0.15) is 4.98 Å². The van der Waals surface area contributed by atoms with E-state index in [1.165, 1.54) is 0 Å². The summed E-state index contributed by atoms with van der Waals surface area (Å²) in [6, 6.07) is 14.4. The molecule has 0 spiro atoms. The molecular formula is C26H33N5O. The maximum atomic E-state index is 12.6. The fourth-order valence-electron chi connectivity index (χ4n) is 4.49.